The number of hydrogen-bond donors (Lipinski definition) is 4. The number of rotatable bonds is 3. The molecule has 0 aromatic rings. The predicted octanol–water partition coefficient (Wildman–Crippen LogP) is -4.03. The molecule has 7 nitrogen and oxygen atoms in total. The molecule has 7 heteroatoms. The molecule has 0 aromatic carbocycles. The highest BCUT2D eigenvalue weighted by Crippen LogP contribution is 2.22. The third-order valence-corrected chi connectivity index (χ3v) is 2.34. The summed E-state index contributed by atoms with van der Waals surface area (Å²) in [6, 6.07) is 0. The van der Waals surface area contributed by atoms with Crippen LogP contribution in [0.5, 0.6) is 0 Å². The van der Waals surface area contributed by atoms with Gasteiger partial charge in [-0.3, -0.25) is 0 Å². The molecule has 1 aliphatic rings. The number of aliphatic hydroxyl groups is 4. The average molecular weight is 221 g/mol. The maximum absolute atomic E-state index is 10.5. The molecule has 0 aromatic heterocycles. The lowest BCUT2D eigenvalue weighted by molar-refractivity contribution is -0.327. The third-order valence-electron chi connectivity index (χ3n) is 2.34. The Kier molecular flexibility index (Phi) is 4.00. The van der Waals surface area contributed by atoms with E-state index in [0.29, 0.717) is 0 Å². The van der Waals surface area contributed by atoms with Crippen LogP contribution in [0.15, 0.2) is 0 Å². The number of carbonyl (C=O) groups is 1. The summed E-state index contributed by atoms with van der Waals surface area (Å²) in [6.07, 6.45) is -7.23. The van der Waals surface area contributed by atoms with Gasteiger partial charge in [-0.15, -0.1) is 0 Å². The van der Waals surface area contributed by atoms with Crippen molar-refractivity contribution >= 4 is 5.97 Å². The van der Waals surface area contributed by atoms with Gasteiger partial charge in [-0.2, -0.15) is 0 Å². The summed E-state index contributed by atoms with van der Waals surface area (Å²) < 4.78 is 4.80. The van der Waals surface area contributed by atoms with Gasteiger partial charge in [-0.25, -0.2) is 0 Å². The fourth-order valence-electron chi connectivity index (χ4n) is 1.48. The summed E-state index contributed by atoms with van der Waals surface area (Å²) in [6.45, 7) is -0.700. The van der Waals surface area contributed by atoms with E-state index in [-0.39, 0.29) is 6.42 Å². The van der Waals surface area contributed by atoms with Crippen molar-refractivity contribution in [1.82, 2.24) is 0 Å². The van der Waals surface area contributed by atoms with Crippen LogP contribution in [-0.2, 0) is 9.53 Å². The van der Waals surface area contributed by atoms with Crippen molar-refractivity contribution in [2.24, 2.45) is 0 Å². The smallest absolute Gasteiger partial charge is 0.115 e. The average Bonchev–Trinajstić information content (AvgIpc) is 2.20. The van der Waals surface area contributed by atoms with Crippen molar-refractivity contribution in [1.29, 1.82) is 0 Å². The standard InChI is InChI=1S/C8H14O7/c9-2-4(11)7-6(12)3(10)1-5(15-7)8(13)14/h3-7,9-12H,1-2H2,(H,13,14)/p-1/t3-,4-,5-,6-,7-/m1/s1. The molecule has 1 saturated heterocycles. The minimum absolute atomic E-state index is 0.307. The van der Waals surface area contributed by atoms with Gasteiger partial charge < -0.3 is 35.1 Å². The summed E-state index contributed by atoms with van der Waals surface area (Å²) in [5.41, 5.74) is 0. The van der Waals surface area contributed by atoms with E-state index in [2.05, 4.69) is 0 Å². The molecule has 1 fully saturated rings. The quantitative estimate of drug-likeness (QED) is 0.381. The van der Waals surface area contributed by atoms with E-state index in [1.54, 1.807) is 0 Å². The second kappa shape index (κ2) is 4.86. The van der Waals surface area contributed by atoms with Gasteiger partial charge in [0, 0.05) is 6.42 Å². The minimum Gasteiger partial charge on any atom is -0.547 e. The van der Waals surface area contributed by atoms with Gasteiger partial charge in [0.25, 0.3) is 0 Å². The van der Waals surface area contributed by atoms with Crippen LogP contribution in [0.25, 0.3) is 0 Å². The first-order valence-electron chi connectivity index (χ1n) is 4.48. The molecule has 0 saturated carbocycles. The third kappa shape index (κ3) is 2.64. The summed E-state index contributed by atoms with van der Waals surface area (Å²) >= 11 is 0. The van der Waals surface area contributed by atoms with Crippen LogP contribution in [0, 0.1) is 0 Å². The van der Waals surface area contributed by atoms with E-state index >= 15 is 0 Å². The fraction of sp³-hybridized carbons (Fsp3) is 0.875. The van der Waals surface area contributed by atoms with Gasteiger partial charge in [0.15, 0.2) is 0 Å². The van der Waals surface area contributed by atoms with Gasteiger partial charge in [0.1, 0.15) is 24.4 Å². The lowest BCUT2D eigenvalue weighted by Crippen LogP contribution is -2.57. The summed E-state index contributed by atoms with van der Waals surface area (Å²) in [4.78, 5) is 10.5. The van der Waals surface area contributed by atoms with Crippen molar-refractivity contribution in [2.75, 3.05) is 6.61 Å². The highest BCUT2D eigenvalue weighted by Gasteiger charge is 2.40. The summed E-state index contributed by atoms with van der Waals surface area (Å²) in [7, 11) is 0. The monoisotopic (exact) mass is 221 g/mol. The molecule has 0 unspecified atom stereocenters. The second-order valence-electron chi connectivity index (χ2n) is 3.45. The molecule has 1 aliphatic heterocycles. The van der Waals surface area contributed by atoms with Gasteiger partial charge in [0.05, 0.1) is 18.7 Å². The van der Waals surface area contributed by atoms with Crippen molar-refractivity contribution in [3.05, 3.63) is 0 Å². The van der Waals surface area contributed by atoms with E-state index in [1.807, 2.05) is 0 Å². The molecule has 1 rings (SSSR count). The molecule has 88 valence electrons. The first kappa shape index (κ1) is 12.3. The highest BCUT2D eigenvalue weighted by atomic mass is 16.6. The van der Waals surface area contributed by atoms with E-state index in [0.717, 1.165) is 0 Å². The van der Waals surface area contributed by atoms with Crippen molar-refractivity contribution in [3.63, 3.8) is 0 Å². The van der Waals surface area contributed by atoms with Gasteiger partial charge >= 0.3 is 0 Å². The Labute approximate surface area is 85.5 Å². The van der Waals surface area contributed by atoms with Crippen molar-refractivity contribution in [2.45, 2.75) is 36.9 Å². The SMILES string of the molecule is O=C([O-])[C@H]1C[C@@H](O)[C@@H](O)[C@@H]([C@H](O)CO)O1. The Morgan fingerprint density at radius 2 is 2.13 bits per heavy atom. The molecule has 0 spiro atoms. The number of hydrogen-bond acceptors (Lipinski definition) is 7. The number of carbonyl (C=O) groups excluding carboxylic acids is 1. The molecular formula is C8H13O7-. The van der Waals surface area contributed by atoms with Crippen LogP contribution in [0.2, 0.25) is 0 Å². The van der Waals surface area contributed by atoms with Crippen LogP contribution in [0.3, 0.4) is 0 Å². The number of ether oxygens (including phenoxy) is 1. The van der Waals surface area contributed by atoms with Crippen molar-refractivity contribution in [3.8, 4) is 0 Å². The van der Waals surface area contributed by atoms with Crippen molar-refractivity contribution < 1.29 is 35.1 Å². The van der Waals surface area contributed by atoms with E-state index in [1.165, 1.54) is 0 Å². The van der Waals surface area contributed by atoms with Gasteiger partial charge in [-0.05, 0) is 0 Å². The summed E-state index contributed by atoms with van der Waals surface area (Å²) in [5.74, 6) is -1.53. The Morgan fingerprint density at radius 3 is 2.60 bits per heavy atom. The van der Waals surface area contributed by atoms with Gasteiger partial charge in [0.2, 0.25) is 0 Å². The predicted molar refractivity (Wildman–Crippen MR) is 43.4 cm³/mol. The molecule has 5 atom stereocenters. The van der Waals surface area contributed by atoms with Crippen LogP contribution < -0.4 is 5.11 Å². The molecule has 1 heterocycles. The Bertz CT molecular complexity index is 231. The number of carboxylic acid groups (broad SMARTS) is 1. The van der Waals surface area contributed by atoms with E-state index < -0.39 is 43.1 Å². The first-order chi connectivity index (χ1) is 6.97. The topological polar surface area (TPSA) is 130 Å². The zero-order valence-electron chi connectivity index (χ0n) is 7.81. The molecule has 0 bridgehead atoms. The maximum Gasteiger partial charge on any atom is 0.115 e. The lowest BCUT2D eigenvalue weighted by Gasteiger charge is -2.39. The molecular weight excluding hydrogens is 208 g/mol. The molecule has 15 heavy (non-hydrogen) atoms. The molecule has 0 radical (unpaired) electrons. The normalized spacial score (nSPS) is 38.7. The summed E-state index contributed by atoms with van der Waals surface area (Å²) in [5, 5.41) is 47.0. The Morgan fingerprint density at radius 1 is 1.53 bits per heavy atom. The molecule has 0 amide bonds. The van der Waals surface area contributed by atoms with Crippen LogP contribution in [0.1, 0.15) is 6.42 Å². The molecule has 0 aliphatic carbocycles. The number of aliphatic carboxylic acids is 1. The van der Waals surface area contributed by atoms with Crippen LogP contribution in [0.4, 0.5) is 0 Å². The zero-order chi connectivity index (χ0) is 11.6. The van der Waals surface area contributed by atoms with Crippen LogP contribution in [-0.4, -0.2) is 63.5 Å². The van der Waals surface area contributed by atoms with E-state index in [9.17, 15) is 25.2 Å². The number of carboxylic acids is 1. The second-order valence-corrected chi connectivity index (χ2v) is 3.45. The minimum atomic E-state index is -1.53. The maximum atomic E-state index is 10.5. The van der Waals surface area contributed by atoms with E-state index in [4.69, 9.17) is 9.84 Å². The van der Waals surface area contributed by atoms with Crippen LogP contribution >= 0.6 is 0 Å². The zero-order valence-corrected chi connectivity index (χ0v) is 7.81. The Hall–Kier alpha value is -0.730. The highest BCUT2D eigenvalue weighted by molar-refractivity contribution is 5.70. The fourth-order valence-corrected chi connectivity index (χ4v) is 1.48. The Balaban J connectivity index is 2.72. The lowest BCUT2D eigenvalue weighted by atomic mass is 9.95. The number of aliphatic hydroxyl groups excluding tert-OH is 4. The first-order valence-corrected chi connectivity index (χ1v) is 4.48. The molecule has 4 N–H and O–H groups in total. The van der Waals surface area contributed by atoms with Gasteiger partial charge in [-0.1, -0.05) is 0 Å². The largest absolute Gasteiger partial charge is 0.547 e.